The lowest BCUT2D eigenvalue weighted by Crippen LogP contribution is -2.41. The van der Waals surface area contributed by atoms with Gasteiger partial charge >= 0.3 is 0 Å². The molecule has 0 bridgehead atoms. The molecular weight excluding hydrogens is 516 g/mol. The summed E-state index contributed by atoms with van der Waals surface area (Å²) >= 11 is 0. The molecule has 0 aliphatic rings. The van der Waals surface area contributed by atoms with Crippen LogP contribution in [0.3, 0.4) is 0 Å². The Kier molecular flexibility index (Phi) is 17.8. The van der Waals surface area contributed by atoms with E-state index in [2.05, 4.69) is 71.0 Å². The van der Waals surface area contributed by atoms with E-state index in [1.807, 2.05) is 24.3 Å². The monoisotopic (exact) mass is 564 g/mol. The SMILES string of the molecule is C=CCOCC(CO)(COCC=C)COCC=C.C=CCOc1ccc(C(C)(C)c2ccc(OCC=C)cc2)cc1. The Balaban J connectivity index is 0.000000425. The minimum absolute atomic E-state index is 0.0710. The highest BCUT2D eigenvalue weighted by Gasteiger charge is 2.31. The van der Waals surface area contributed by atoms with Gasteiger partial charge in [0, 0.05) is 5.41 Å². The van der Waals surface area contributed by atoms with Gasteiger partial charge in [0.1, 0.15) is 24.7 Å². The number of aliphatic hydroxyl groups excluding tert-OH is 1. The highest BCUT2D eigenvalue weighted by atomic mass is 16.5. The zero-order valence-electron chi connectivity index (χ0n) is 24.9. The fourth-order valence-corrected chi connectivity index (χ4v) is 3.75. The van der Waals surface area contributed by atoms with E-state index >= 15 is 0 Å². The van der Waals surface area contributed by atoms with Gasteiger partial charge in [-0.1, -0.05) is 81.7 Å². The molecule has 0 aliphatic heterocycles. The summed E-state index contributed by atoms with van der Waals surface area (Å²) in [5.74, 6) is 1.72. The first kappa shape index (κ1) is 35.6. The number of aliphatic hydroxyl groups is 1. The van der Waals surface area contributed by atoms with Crippen molar-refractivity contribution in [2.75, 3.05) is 59.5 Å². The van der Waals surface area contributed by atoms with Crippen molar-refractivity contribution in [1.29, 1.82) is 0 Å². The summed E-state index contributed by atoms with van der Waals surface area (Å²) in [6, 6.07) is 16.5. The molecule has 2 rings (SSSR count). The van der Waals surface area contributed by atoms with E-state index in [4.69, 9.17) is 23.7 Å². The Labute approximate surface area is 247 Å². The normalized spacial score (nSPS) is 11.0. The van der Waals surface area contributed by atoms with Crippen molar-refractivity contribution in [3.63, 3.8) is 0 Å². The molecule has 0 aromatic heterocycles. The molecule has 2 aromatic carbocycles. The van der Waals surface area contributed by atoms with Gasteiger partial charge in [-0.15, -0.1) is 19.7 Å². The third-order valence-electron chi connectivity index (χ3n) is 6.15. The van der Waals surface area contributed by atoms with Gasteiger partial charge in [-0.2, -0.15) is 0 Å². The summed E-state index contributed by atoms with van der Waals surface area (Å²) in [5, 5.41) is 9.56. The van der Waals surface area contributed by atoms with Crippen molar-refractivity contribution in [2.24, 2.45) is 5.41 Å². The molecule has 0 atom stereocenters. The molecule has 1 N–H and O–H groups in total. The number of hydrogen-bond donors (Lipinski definition) is 1. The van der Waals surface area contributed by atoms with Crippen molar-refractivity contribution in [2.45, 2.75) is 19.3 Å². The molecule has 224 valence electrons. The van der Waals surface area contributed by atoms with Crippen LogP contribution in [0, 0.1) is 5.41 Å². The van der Waals surface area contributed by atoms with E-state index in [0.29, 0.717) is 52.9 Å². The number of rotatable bonds is 21. The lowest BCUT2D eigenvalue weighted by Gasteiger charge is -2.30. The second-order valence-electron chi connectivity index (χ2n) is 9.94. The van der Waals surface area contributed by atoms with Crippen LogP contribution in [0.5, 0.6) is 11.5 Å². The van der Waals surface area contributed by atoms with Gasteiger partial charge in [0.25, 0.3) is 0 Å². The van der Waals surface area contributed by atoms with E-state index in [1.165, 1.54) is 11.1 Å². The highest BCUT2D eigenvalue weighted by molar-refractivity contribution is 5.41. The van der Waals surface area contributed by atoms with Crippen LogP contribution in [0.15, 0.2) is 112 Å². The number of benzene rings is 2. The molecule has 0 unspecified atom stereocenters. The third kappa shape index (κ3) is 13.2. The van der Waals surface area contributed by atoms with Crippen molar-refractivity contribution in [3.8, 4) is 11.5 Å². The van der Waals surface area contributed by atoms with Crippen molar-refractivity contribution >= 4 is 0 Å². The van der Waals surface area contributed by atoms with Crippen molar-refractivity contribution < 1.29 is 28.8 Å². The second kappa shape index (κ2) is 20.5. The maximum Gasteiger partial charge on any atom is 0.119 e. The van der Waals surface area contributed by atoms with Crippen LogP contribution in [0.4, 0.5) is 0 Å². The molecule has 0 aliphatic carbocycles. The van der Waals surface area contributed by atoms with Gasteiger partial charge < -0.3 is 28.8 Å². The molecule has 6 nitrogen and oxygen atoms in total. The van der Waals surface area contributed by atoms with E-state index in [9.17, 15) is 5.11 Å². The molecular formula is C35H48O6. The smallest absolute Gasteiger partial charge is 0.119 e. The molecule has 0 fully saturated rings. The van der Waals surface area contributed by atoms with Crippen LogP contribution in [-0.2, 0) is 19.6 Å². The molecule has 41 heavy (non-hydrogen) atoms. The van der Waals surface area contributed by atoms with E-state index < -0.39 is 5.41 Å². The largest absolute Gasteiger partial charge is 0.490 e. The van der Waals surface area contributed by atoms with Crippen molar-refractivity contribution in [3.05, 3.63) is 123 Å². The zero-order chi connectivity index (χ0) is 30.4. The first-order valence-electron chi connectivity index (χ1n) is 13.7. The molecule has 0 saturated carbocycles. The maximum atomic E-state index is 9.56. The predicted octanol–water partition coefficient (Wildman–Crippen LogP) is 6.72. The summed E-state index contributed by atoms with van der Waals surface area (Å²) in [5.41, 5.74) is 1.83. The van der Waals surface area contributed by atoms with Crippen LogP contribution in [-0.4, -0.2) is 64.6 Å². The van der Waals surface area contributed by atoms with Gasteiger partial charge in [-0.25, -0.2) is 0 Å². The maximum absolute atomic E-state index is 9.56. The lowest BCUT2D eigenvalue weighted by atomic mass is 9.78. The number of ether oxygens (including phenoxy) is 5. The summed E-state index contributed by atoms with van der Waals surface area (Å²) in [7, 11) is 0. The first-order chi connectivity index (χ1) is 19.8. The molecule has 0 heterocycles. The van der Waals surface area contributed by atoms with Gasteiger partial charge in [-0.3, -0.25) is 0 Å². The van der Waals surface area contributed by atoms with E-state index in [0.717, 1.165) is 11.5 Å². The Hall–Kier alpha value is -3.42. The van der Waals surface area contributed by atoms with Crippen LogP contribution < -0.4 is 9.47 Å². The molecule has 0 radical (unpaired) electrons. The fourth-order valence-electron chi connectivity index (χ4n) is 3.75. The second-order valence-corrected chi connectivity index (χ2v) is 9.94. The average Bonchev–Trinajstić information content (AvgIpc) is 3.00. The van der Waals surface area contributed by atoms with Crippen LogP contribution >= 0.6 is 0 Å². The van der Waals surface area contributed by atoms with Gasteiger partial charge in [0.15, 0.2) is 0 Å². The quantitative estimate of drug-likeness (QED) is 0.134. The fraction of sp³-hybridized carbons (Fsp3) is 0.371. The standard InChI is InChI=1S/C21H24O2.C14H24O4/c1-5-15-22-19-11-7-17(8-12-19)21(3,4)18-9-13-20(14-10-18)23-16-6-2;1-4-7-16-11-14(10-15,12-17-8-5-2)13-18-9-6-3/h5-14H,1-2,15-16H2,3-4H3;4-6,15H,1-3,7-13H2. The van der Waals surface area contributed by atoms with Crippen LogP contribution in [0.2, 0.25) is 0 Å². The summed E-state index contributed by atoms with van der Waals surface area (Å²) in [6.45, 7) is 25.8. The van der Waals surface area contributed by atoms with Crippen molar-refractivity contribution in [1.82, 2.24) is 0 Å². The average molecular weight is 565 g/mol. The highest BCUT2D eigenvalue weighted by Crippen LogP contribution is 2.33. The predicted molar refractivity (Wildman–Crippen MR) is 169 cm³/mol. The third-order valence-corrected chi connectivity index (χ3v) is 6.15. The Morgan fingerprint density at radius 2 is 0.878 bits per heavy atom. The van der Waals surface area contributed by atoms with Gasteiger partial charge in [-0.05, 0) is 35.4 Å². The summed E-state index contributed by atoms with van der Waals surface area (Å²) in [6.07, 6.45) is 8.48. The topological polar surface area (TPSA) is 66.4 Å². The van der Waals surface area contributed by atoms with E-state index in [-0.39, 0.29) is 12.0 Å². The van der Waals surface area contributed by atoms with Crippen LogP contribution in [0.1, 0.15) is 25.0 Å². The molecule has 0 amide bonds. The zero-order valence-corrected chi connectivity index (χ0v) is 24.9. The first-order valence-corrected chi connectivity index (χ1v) is 13.7. The Morgan fingerprint density at radius 3 is 1.15 bits per heavy atom. The molecule has 2 aromatic rings. The van der Waals surface area contributed by atoms with Gasteiger partial charge in [0.05, 0.1) is 51.7 Å². The summed E-state index contributed by atoms with van der Waals surface area (Å²) in [4.78, 5) is 0. The minimum atomic E-state index is -0.560. The number of hydrogen-bond acceptors (Lipinski definition) is 6. The van der Waals surface area contributed by atoms with E-state index in [1.54, 1.807) is 30.4 Å². The van der Waals surface area contributed by atoms with Crippen LogP contribution in [0.25, 0.3) is 0 Å². The summed E-state index contributed by atoms with van der Waals surface area (Å²) < 4.78 is 27.3. The lowest BCUT2D eigenvalue weighted by molar-refractivity contribution is -0.0821. The van der Waals surface area contributed by atoms with Gasteiger partial charge in [0.2, 0.25) is 0 Å². The molecule has 0 saturated heterocycles. The molecule has 6 heteroatoms. The molecule has 0 spiro atoms. The Bertz CT molecular complexity index is 930. The Morgan fingerprint density at radius 1 is 0.561 bits per heavy atom. The minimum Gasteiger partial charge on any atom is -0.490 e.